The molecule has 1 amide bonds. The van der Waals surface area contributed by atoms with Gasteiger partial charge >= 0.3 is 0 Å². The molecule has 106 valence electrons. The number of carbonyl (C=O) groups excluding carboxylic acids is 1. The van der Waals surface area contributed by atoms with Gasteiger partial charge in [-0.25, -0.2) is 0 Å². The molecule has 0 spiro atoms. The molecule has 7 heteroatoms. The first-order chi connectivity index (χ1) is 9.13. The molecule has 1 saturated heterocycles. The van der Waals surface area contributed by atoms with Crippen LogP contribution in [-0.4, -0.2) is 60.1 Å². The minimum absolute atomic E-state index is 0.109. The Morgan fingerprint density at radius 3 is 3.11 bits per heavy atom. The first-order valence-electron chi connectivity index (χ1n) is 6.14. The fourth-order valence-electron chi connectivity index (χ4n) is 2.10. The summed E-state index contributed by atoms with van der Waals surface area (Å²) >= 11 is 0. The molecule has 0 radical (unpaired) electrons. The quantitative estimate of drug-likeness (QED) is 0.831. The third kappa shape index (κ3) is 3.31. The lowest BCUT2D eigenvalue weighted by atomic mass is 10.2. The number of rotatable bonds is 4. The molecule has 0 bridgehead atoms. The number of ether oxygens (including phenoxy) is 2. The SMILES string of the molecule is COCc1cc(C(=O)N2CC(C)OC(CO)C2)no1. The third-order valence-corrected chi connectivity index (χ3v) is 2.88. The van der Waals surface area contributed by atoms with E-state index in [0.717, 1.165) is 0 Å². The second kappa shape index (κ2) is 6.14. The number of morpholine rings is 1. The lowest BCUT2D eigenvalue weighted by molar-refractivity contribution is -0.0860. The standard InChI is InChI=1S/C12H18N2O5/c1-8-4-14(5-10(6-15)18-8)12(16)11-3-9(7-17-2)19-13-11/h3,8,10,15H,4-7H2,1-2H3. The molecule has 19 heavy (non-hydrogen) atoms. The molecule has 1 aliphatic heterocycles. The van der Waals surface area contributed by atoms with Crippen LogP contribution >= 0.6 is 0 Å². The molecule has 1 aliphatic rings. The van der Waals surface area contributed by atoms with E-state index in [-0.39, 0.29) is 37.0 Å². The number of amides is 1. The Labute approximate surface area is 111 Å². The summed E-state index contributed by atoms with van der Waals surface area (Å²) in [6, 6.07) is 1.57. The Morgan fingerprint density at radius 1 is 1.63 bits per heavy atom. The molecule has 2 atom stereocenters. The number of methoxy groups -OCH3 is 1. The van der Waals surface area contributed by atoms with Crippen molar-refractivity contribution >= 4 is 5.91 Å². The predicted molar refractivity (Wildman–Crippen MR) is 64.5 cm³/mol. The van der Waals surface area contributed by atoms with E-state index in [1.165, 1.54) is 0 Å². The molecular weight excluding hydrogens is 252 g/mol. The van der Waals surface area contributed by atoms with Gasteiger partial charge in [0.25, 0.3) is 5.91 Å². The zero-order chi connectivity index (χ0) is 13.8. The Hall–Kier alpha value is -1.44. The van der Waals surface area contributed by atoms with Gasteiger partial charge in [0.1, 0.15) is 6.61 Å². The number of aliphatic hydroxyl groups is 1. The molecule has 0 saturated carbocycles. The first kappa shape index (κ1) is 14.0. The van der Waals surface area contributed by atoms with Crippen molar-refractivity contribution in [2.24, 2.45) is 0 Å². The molecule has 1 N–H and O–H groups in total. The lowest BCUT2D eigenvalue weighted by Gasteiger charge is -2.35. The van der Waals surface area contributed by atoms with Crippen LogP contribution in [0.25, 0.3) is 0 Å². The summed E-state index contributed by atoms with van der Waals surface area (Å²) in [7, 11) is 1.54. The number of nitrogens with zero attached hydrogens (tertiary/aromatic N) is 2. The van der Waals surface area contributed by atoms with Crippen LogP contribution in [-0.2, 0) is 16.1 Å². The predicted octanol–water partition coefficient (Wildman–Crippen LogP) is 0.0428. The summed E-state index contributed by atoms with van der Waals surface area (Å²) < 4.78 is 15.4. The maximum atomic E-state index is 12.2. The average molecular weight is 270 g/mol. The van der Waals surface area contributed by atoms with E-state index in [1.54, 1.807) is 18.1 Å². The van der Waals surface area contributed by atoms with Crippen molar-refractivity contribution < 1.29 is 23.9 Å². The molecule has 1 aromatic heterocycles. The van der Waals surface area contributed by atoms with Gasteiger partial charge in [-0.3, -0.25) is 4.79 Å². The van der Waals surface area contributed by atoms with E-state index in [4.69, 9.17) is 19.1 Å². The Bertz CT molecular complexity index is 434. The molecule has 1 aromatic rings. The van der Waals surface area contributed by atoms with Gasteiger partial charge in [0, 0.05) is 26.3 Å². The summed E-state index contributed by atoms with van der Waals surface area (Å²) in [6.07, 6.45) is -0.460. The maximum absolute atomic E-state index is 12.2. The van der Waals surface area contributed by atoms with Crippen molar-refractivity contribution in [3.8, 4) is 0 Å². The van der Waals surface area contributed by atoms with Gasteiger partial charge in [-0.15, -0.1) is 0 Å². The van der Waals surface area contributed by atoms with Crippen LogP contribution in [0.5, 0.6) is 0 Å². The van der Waals surface area contributed by atoms with Gasteiger partial charge in [-0.1, -0.05) is 5.16 Å². The lowest BCUT2D eigenvalue weighted by Crippen LogP contribution is -2.50. The van der Waals surface area contributed by atoms with Crippen molar-refractivity contribution in [2.45, 2.75) is 25.7 Å². The first-order valence-corrected chi connectivity index (χ1v) is 6.14. The smallest absolute Gasteiger partial charge is 0.276 e. The summed E-state index contributed by atoms with van der Waals surface area (Å²) in [6.45, 7) is 2.86. The zero-order valence-electron chi connectivity index (χ0n) is 11.0. The molecule has 0 aromatic carbocycles. The van der Waals surface area contributed by atoms with E-state index in [9.17, 15) is 4.79 Å². The van der Waals surface area contributed by atoms with Crippen LogP contribution in [0.15, 0.2) is 10.6 Å². The van der Waals surface area contributed by atoms with Crippen LogP contribution in [0.1, 0.15) is 23.2 Å². The van der Waals surface area contributed by atoms with Crippen molar-refractivity contribution in [2.75, 3.05) is 26.8 Å². The Balaban J connectivity index is 2.05. The van der Waals surface area contributed by atoms with Gasteiger partial charge < -0.3 is 24.0 Å². The highest BCUT2D eigenvalue weighted by molar-refractivity contribution is 5.92. The van der Waals surface area contributed by atoms with Crippen LogP contribution in [0.3, 0.4) is 0 Å². The van der Waals surface area contributed by atoms with Gasteiger partial charge in [0.2, 0.25) is 0 Å². The average Bonchev–Trinajstić information content (AvgIpc) is 2.86. The van der Waals surface area contributed by atoms with Gasteiger partial charge in [0.15, 0.2) is 11.5 Å². The highest BCUT2D eigenvalue weighted by Crippen LogP contribution is 2.15. The largest absolute Gasteiger partial charge is 0.394 e. The summed E-state index contributed by atoms with van der Waals surface area (Å²) in [5.41, 5.74) is 0.248. The summed E-state index contributed by atoms with van der Waals surface area (Å²) in [4.78, 5) is 13.9. The highest BCUT2D eigenvalue weighted by atomic mass is 16.5. The molecular formula is C12H18N2O5. The van der Waals surface area contributed by atoms with Crippen molar-refractivity contribution in [1.82, 2.24) is 10.1 Å². The van der Waals surface area contributed by atoms with E-state index in [2.05, 4.69) is 5.16 Å². The van der Waals surface area contributed by atoms with Gasteiger partial charge in [0.05, 0.1) is 18.8 Å². The number of aromatic nitrogens is 1. The monoisotopic (exact) mass is 270 g/mol. The van der Waals surface area contributed by atoms with Crippen LogP contribution < -0.4 is 0 Å². The minimum atomic E-state index is -0.349. The minimum Gasteiger partial charge on any atom is -0.394 e. The van der Waals surface area contributed by atoms with Crippen LogP contribution in [0.2, 0.25) is 0 Å². The van der Waals surface area contributed by atoms with E-state index in [0.29, 0.717) is 18.8 Å². The van der Waals surface area contributed by atoms with Crippen molar-refractivity contribution in [1.29, 1.82) is 0 Å². The molecule has 2 unspecified atom stereocenters. The second-order valence-corrected chi connectivity index (χ2v) is 4.57. The van der Waals surface area contributed by atoms with E-state index >= 15 is 0 Å². The number of carbonyl (C=O) groups is 1. The van der Waals surface area contributed by atoms with Crippen LogP contribution in [0, 0.1) is 0 Å². The molecule has 0 aliphatic carbocycles. The molecule has 2 heterocycles. The fraction of sp³-hybridized carbons (Fsp3) is 0.667. The van der Waals surface area contributed by atoms with Gasteiger partial charge in [-0.05, 0) is 6.92 Å². The number of hydrogen-bond acceptors (Lipinski definition) is 6. The topological polar surface area (TPSA) is 85.0 Å². The van der Waals surface area contributed by atoms with E-state index in [1.807, 2.05) is 6.92 Å². The Morgan fingerprint density at radius 2 is 2.42 bits per heavy atom. The van der Waals surface area contributed by atoms with E-state index < -0.39 is 0 Å². The summed E-state index contributed by atoms with van der Waals surface area (Å²) in [5.74, 6) is 0.283. The molecule has 7 nitrogen and oxygen atoms in total. The maximum Gasteiger partial charge on any atom is 0.276 e. The Kier molecular flexibility index (Phi) is 4.52. The highest BCUT2D eigenvalue weighted by Gasteiger charge is 2.30. The summed E-state index contributed by atoms with van der Waals surface area (Å²) in [5, 5.41) is 12.9. The normalized spacial score (nSPS) is 23.6. The van der Waals surface area contributed by atoms with Crippen molar-refractivity contribution in [3.63, 3.8) is 0 Å². The number of hydrogen-bond donors (Lipinski definition) is 1. The van der Waals surface area contributed by atoms with Gasteiger partial charge in [-0.2, -0.15) is 0 Å². The fourth-order valence-corrected chi connectivity index (χ4v) is 2.10. The zero-order valence-corrected chi connectivity index (χ0v) is 11.0. The molecule has 2 rings (SSSR count). The van der Waals surface area contributed by atoms with Crippen LogP contribution in [0.4, 0.5) is 0 Å². The molecule has 1 fully saturated rings. The third-order valence-electron chi connectivity index (χ3n) is 2.88. The second-order valence-electron chi connectivity index (χ2n) is 4.57. The van der Waals surface area contributed by atoms with Crippen molar-refractivity contribution in [3.05, 3.63) is 17.5 Å². The number of aliphatic hydroxyl groups excluding tert-OH is 1.